The molecule has 3 N–H and O–H groups in total. The monoisotopic (exact) mass is 324 g/mol. The van der Waals surface area contributed by atoms with Crippen LogP contribution in [0.25, 0.3) is 0 Å². The van der Waals surface area contributed by atoms with Crippen LogP contribution in [-0.2, 0) is 4.79 Å². The third-order valence-electron chi connectivity index (χ3n) is 2.71. The van der Waals surface area contributed by atoms with E-state index in [1.807, 2.05) is 4.98 Å². The fourth-order valence-corrected chi connectivity index (χ4v) is 2.49. The van der Waals surface area contributed by atoms with E-state index in [0.717, 1.165) is 11.8 Å². The number of carbonyl (C=O) groups excluding carboxylic acids is 1. The fraction of sp³-hybridized carbons (Fsp3) is 0.231. The highest BCUT2D eigenvalue weighted by Crippen LogP contribution is 2.21. The number of rotatable bonds is 5. The van der Waals surface area contributed by atoms with E-state index in [0.29, 0.717) is 12.1 Å². The average Bonchev–Trinajstić information content (AvgIpc) is 2.49. The normalized spacial score (nSPS) is 11.9. The molecule has 1 atom stereocenters. The molecule has 2 aromatic rings. The molecule has 0 bridgehead atoms. The minimum atomic E-state index is -0.710. The molecule has 1 aromatic heterocycles. The van der Waals surface area contributed by atoms with Gasteiger partial charge in [-0.15, -0.1) is 0 Å². The Bertz CT molecular complexity index is 772. The molecule has 1 aromatic carbocycles. The Kier molecular flexibility index (Phi) is 5.10. The van der Waals surface area contributed by atoms with Crippen LogP contribution in [0.4, 0.5) is 10.1 Å². The van der Waals surface area contributed by atoms with Gasteiger partial charge in [0.15, 0.2) is 5.03 Å². The van der Waals surface area contributed by atoms with Crippen LogP contribution >= 0.6 is 11.8 Å². The van der Waals surface area contributed by atoms with Gasteiger partial charge in [-0.3, -0.25) is 14.6 Å². The summed E-state index contributed by atoms with van der Waals surface area (Å²) in [5, 5.41) is 7.78. The highest BCUT2D eigenvalue weighted by molar-refractivity contribution is 8.00. The summed E-state index contributed by atoms with van der Waals surface area (Å²) < 4.78 is 12.8. The quantitative estimate of drug-likeness (QED) is 0.714. The van der Waals surface area contributed by atoms with Crippen molar-refractivity contribution < 1.29 is 9.18 Å². The molecular weight excluding hydrogens is 311 g/mol. The van der Waals surface area contributed by atoms with Crippen LogP contribution in [0.3, 0.4) is 0 Å². The lowest BCUT2D eigenvalue weighted by molar-refractivity contribution is -0.115. The Balaban J connectivity index is 2.10. The maximum absolute atomic E-state index is 12.8. The van der Waals surface area contributed by atoms with Crippen LogP contribution < -0.4 is 16.6 Å². The summed E-state index contributed by atoms with van der Waals surface area (Å²) in [5.74, 6) is -0.741. The number of carbonyl (C=O) groups is 1. The maximum Gasteiger partial charge on any atom is 0.342 e. The summed E-state index contributed by atoms with van der Waals surface area (Å²) in [6.07, 6.45) is 0.442. The van der Waals surface area contributed by atoms with E-state index in [1.54, 1.807) is 6.92 Å². The summed E-state index contributed by atoms with van der Waals surface area (Å²) in [4.78, 5) is 36.7. The van der Waals surface area contributed by atoms with E-state index in [9.17, 15) is 18.8 Å². The summed E-state index contributed by atoms with van der Waals surface area (Å²) in [5.41, 5.74) is -0.909. The Morgan fingerprint density at radius 3 is 2.64 bits per heavy atom. The largest absolute Gasteiger partial charge is 0.342 e. The minimum Gasteiger partial charge on any atom is -0.325 e. The molecule has 0 fully saturated rings. The lowest BCUT2D eigenvalue weighted by Gasteiger charge is -2.13. The first-order valence-electron chi connectivity index (χ1n) is 6.41. The van der Waals surface area contributed by atoms with Crippen LogP contribution in [-0.4, -0.2) is 26.3 Å². The number of halogens is 1. The van der Waals surface area contributed by atoms with Crippen LogP contribution in [0.5, 0.6) is 0 Å². The first-order chi connectivity index (χ1) is 10.5. The first-order valence-corrected chi connectivity index (χ1v) is 7.29. The Morgan fingerprint density at radius 1 is 1.36 bits per heavy atom. The molecular formula is C13H13FN4O3S. The molecule has 0 radical (unpaired) electrons. The molecule has 2 rings (SSSR count). The van der Waals surface area contributed by atoms with Crippen molar-refractivity contribution in [3.63, 3.8) is 0 Å². The number of aromatic nitrogens is 3. The van der Waals surface area contributed by atoms with E-state index in [2.05, 4.69) is 15.5 Å². The standard InChI is InChI=1S/C13H13FN4O3S/c1-2-9(22-12-11(20)16-13(21)18-17-12)10(19)15-8-5-3-7(14)4-6-8/h3-6,9H,2H2,1H3,(H,15,19)(H2,16,18,20,21)/t9-/m1/s1. The van der Waals surface area contributed by atoms with Gasteiger partial charge in [0.1, 0.15) is 5.82 Å². The molecule has 0 unspecified atom stereocenters. The minimum absolute atomic E-state index is 0.000654. The number of hydrogen-bond acceptors (Lipinski definition) is 5. The smallest absolute Gasteiger partial charge is 0.325 e. The second kappa shape index (κ2) is 7.03. The summed E-state index contributed by atoms with van der Waals surface area (Å²) in [6.45, 7) is 1.78. The number of benzene rings is 1. The highest BCUT2D eigenvalue weighted by Gasteiger charge is 2.20. The van der Waals surface area contributed by atoms with Gasteiger partial charge < -0.3 is 5.32 Å². The average molecular weight is 324 g/mol. The molecule has 1 amide bonds. The third-order valence-corrected chi connectivity index (χ3v) is 4.04. The molecule has 1 heterocycles. The van der Waals surface area contributed by atoms with Gasteiger partial charge in [0.25, 0.3) is 5.56 Å². The van der Waals surface area contributed by atoms with Crippen molar-refractivity contribution in [2.45, 2.75) is 23.6 Å². The summed E-state index contributed by atoms with van der Waals surface area (Å²) in [6, 6.07) is 5.35. The lowest BCUT2D eigenvalue weighted by atomic mass is 10.2. The van der Waals surface area contributed by atoms with Crippen molar-refractivity contribution in [2.75, 3.05) is 5.32 Å². The number of thioether (sulfide) groups is 1. The molecule has 0 aliphatic rings. The van der Waals surface area contributed by atoms with Crippen LogP contribution in [0.2, 0.25) is 0 Å². The second-order valence-corrected chi connectivity index (χ2v) is 5.51. The highest BCUT2D eigenvalue weighted by atomic mass is 32.2. The van der Waals surface area contributed by atoms with Crippen LogP contribution in [0.1, 0.15) is 13.3 Å². The zero-order valence-corrected chi connectivity index (χ0v) is 12.4. The van der Waals surface area contributed by atoms with Crippen molar-refractivity contribution in [1.29, 1.82) is 0 Å². The van der Waals surface area contributed by atoms with E-state index in [1.165, 1.54) is 24.3 Å². The predicted octanol–water partition coefficient (Wildman–Crippen LogP) is 1.11. The zero-order chi connectivity index (χ0) is 16.1. The van der Waals surface area contributed by atoms with Gasteiger partial charge in [0.2, 0.25) is 5.91 Å². The number of aromatic amines is 2. The van der Waals surface area contributed by atoms with Gasteiger partial charge >= 0.3 is 5.69 Å². The molecule has 0 aliphatic carbocycles. The van der Waals surface area contributed by atoms with Crippen molar-refractivity contribution in [1.82, 2.24) is 15.2 Å². The molecule has 22 heavy (non-hydrogen) atoms. The third kappa shape index (κ3) is 4.04. The van der Waals surface area contributed by atoms with E-state index in [-0.39, 0.29) is 10.9 Å². The number of H-pyrrole nitrogens is 2. The van der Waals surface area contributed by atoms with Gasteiger partial charge in [-0.2, -0.15) is 5.10 Å². The molecule has 116 valence electrons. The van der Waals surface area contributed by atoms with Gasteiger partial charge in [0, 0.05) is 5.69 Å². The van der Waals surface area contributed by atoms with Crippen LogP contribution in [0, 0.1) is 5.82 Å². The van der Waals surface area contributed by atoms with Gasteiger partial charge in [-0.05, 0) is 30.7 Å². The van der Waals surface area contributed by atoms with Crippen molar-refractivity contribution in [3.05, 3.63) is 50.9 Å². The van der Waals surface area contributed by atoms with Gasteiger partial charge in [-0.1, -0.05) is 18.7 Å². The summed E-state index contributed by atoms with van der Waals surface area (Å²) >= 11 is 0.943. The number of nitrogens with zero attached hydrogens (tertiary/aromatic N) is 1. The number of nitrogens with one attached hydrogen (secondary N) is 3. The zero-order valence-electron chi connectivity index (χ0n) is 11.6. The Labute approximate surface area is 128 Å². The van der Waals surface area contributed by atoms with E-state index < -0.39 is 22.3 Å². The van der Waals surface area contributed by atoms with Gasteiger partial charge in [-0.25, -0.2) is 14.3 Å². The topological polar surface area (TPSA) is 108 Å². The molecule has 0 saturated carbocycles. The molecule has 7 nitrogen and oxygen atoms in total. The number of hydrogen-bond donors (Lipinski definition) is 3. The summed E-state index contributed by atoms with van der Waals surface area (Å²) in [7, 11) is 0. The van der Waals surface area contributed by atoms with E-state index in [4.69, 9.17) is 0 Å². The molecule has 0 saturated heterocycles. The molecule has 0 aliphatic heterocycles. The number of anilines is 1. The molecule has 0 spiro atoms. The fourth-order valence-electron chi connectivity index (χ4n) is 1.63. The van der Waals surface area contributed by atoms with Crippen molar-refractivity contribution in [2.24, 2.45) is 0 Å². The second-order valence-electron chi connectivity index (χ2n) is 4.32. The first kappa shape index (κ1) is 16.0. The van der Waals surface area contributed by atoms with Gasteiger partial charge in [0.05, 0.1) is 5.25 Å². The Hall–Kier alpha value is -2.42. The molecule has 9 heteroatoms. The Morgan fingerprint density at radius 2 is 2.05 bits per heavy atom. The van der Waals surface area contributed by atoms with E-state index >= 15 is 0 Å². The predicted molar refractivity (Wildman–Crippen MR) is 80.4 cm³/mol. The number of amides is 1. The lowest BCUT2D eigenvalue weighted by Crippen LogP contribution is -2.29. The van der Waals surface area contributed by atoms with Crippen molar-refractivity contribution >= 4 is 23.4 Å². The van der Waals surface area contributed by atoms with Crippen molar-refractivity contribution in [3.8, 4) is 0 Å². The maximum atomic E-state index is 12.8. The SMILES string of the molecule is CC[C@@H](Sc1n[nH]c(=O)[nH]c1=O)C(=O)Nc1ccc(F)cc1. The van der Waals surface area contributed by atoms with Crippen LogP contribution in [0.15, 0.2) is 38.9 Å².